The van der Waals surface area contributed by atoms with Crippen LogP contribution in [0.1, 0.15) is 24.1 Å². The monoisotopic (exact) mass is 441 g/mol. The van der Waals surface area contributed by atoms with Crippen LogP contribution in [-0.4, -0.2) is 26.3 Å². The van der Waals surface area contributed by atoms with Gasteiger partial charge in [0.25, 0.3) is 0 Å². The number of nitrogens with one attached hydrogen (secondary N) is 1. The highest BCUT2D eigenvalue weighted by Gasteiger charge is 2.12. The molecule has 1 atom stereocenters. The average Bonchev–Trinajstić information content (AvgIpc) is 2.56. The van der Waals surface area contributed by atoms with Gasteiger partial charge in [0.1, 0.15) is 0 Å². The minimum absolute atomic E-state index is 0.0400. The molecule has 1 unspecified atom stereocenters. The van der Waals surface area contributed by atoms with Crippen LogP contribution in [0.5, 0.6) is 0 Å². The third-order valence-electron chi connectivity index (χ3n) is 3.60. The molecule has 0 aliphatic heterocycles. The molecule has 0 saturated heterocycles. The van der Waals surface area contributed by atoms with Gasteiger partial charge in [0.05, 0.1) is 16.7 Å². The number of carbonyl (C=O) groups excluding carboxylic acids is 1. The van der Waals surface area contributed by atoms with E-state index in [1.807, 2.05) is 31.2 Å². The topological polar surface area (TPSA) is 63.2 Å². The van der Waals surface area contributed by atoms with Crippen molar-refractivity contribution in [3.63, 3.8) is 0 Å². The van der Waals surface area contributed by atoms with Gasteiger partial charge in [-0.25, -0.2) is 8.42 Å². The van der Waals surface area contributed by atoms with Crippen molar-refractivity contribution in [1.29, 1.82) is 0 Å². The van der Waals surface area contributed by atoms with E-state index >= 15 is 0 Å². The second-order valence-electron chi connectivity index (χ2n) is 5.75. The molecular weight excluding hydrogens is 422 g/mol. The first-order valence-corrected chi connectivity index (χ1v) is 11.5. The number of halogens is 1. The fourth-order valence-electron chi connectivity index (χ4n) is 2.21. The summed E-state index contributed by atoms with van der Waals surface area (Å²) in [5.41, 5.74) is 2.05. The average molecular weight is 442 g/mol. The molecule has 2 aromatic rings. The van der Waals surface area contributed by atoms with Gasteiger partial charge in [-0.15, -0.1) is 11.8 Å². The van der Waals surface area contributed by atoms with Crippen LogP contribution in [0.25, 0.3) is 0 Å². The van der Waals surface area contributed by atoms with Gasteiger partial charge in [-0.1, -0.05) is 40.2 Å². The molecule has 0 spiro atoms. The first-order chi connectivity index (χ1) is 11.8. The Bertz CT molecular complexity index is 818. The lowest BCUT2D eigenvalue weighted by Crippen LogP contribution is -2.28. The second kappa shape index (κ2) is 8.87. The van der Waals surface area contributed by atoms with Crippen LogP contribution in [0.15, 0.2) is 57.9 Å². The van der Waals surface area contributed by atoms with Crippen LogP contribution in [-0.2, 0) is 20.4 Å². The van der Waals surface area contributed by atoms with E-state index in [9.17, 15) is 13.2 Å². The molecule has 0 aliphatic rings. The van der Waals surface area contributed by atoms with Gasteiger partial charge in [0.15, 0.2) is 9.84 Å². The molecule has 25 heavy (non-hydrogen) atoms. The Morgan fingerprint density at radius 1 is 1.12 bits per heavy atom. The summed E-state index contributed by atoms with van der Waals surface area (Å²) in [6.45, 7) is 1.88. The Hall–Kier alpha value is -1.31. The molecular formula is C18H20BrNO3S2. The largest absolute Gasteiger partial charge is 0.349 e. The van der Waals surface area contributed by atoms with Crippen molar-refractivity contribution in [3.8, 4) is 0 Å². The molecule has 0 fully saturated rings. The third kappa shape index (κ3) is 6.49. The van der Waals surface area contributed by atoms with Crippen molar-refractivity contribution in [2.24, 2.45) is 0 Å². The number of thioether (sulfide) groups is 1. The smallest absolute Gasteiger partial charge is 0.230 e. The summed E-state index contributed by atoms with van der Waals surface area (Å²) in [5.74, 6) is 1.11. The highest BCUT2D eigenvalue weighted by atomic mass is 79.9. The SMILES string of the molecule is CC(NC(=O)CSCc1ccc(Br)cc1)c1ccc(S(C)(=O)=O)cc1. The zero-order valence-electron chi connectivity index (χ0n) is 14.0. The number of hydrogen-bond acceptors (Lipinski definition) is 4. The van der Waals surface area contributed by atoms with E-state index in [4.69, 9.17) is 0 Å². The fraction of sp³-hybridized carbons (Fsp3) is 0.278. The molecule has 0 bridgehead atoms. The Morgan fingerprint density at radius 2 is 1.72 bits per heavy atom. The summed E-state index contributed by atoms with van der Waals surface area (Å²) in [6.07, 6.45) is 1.18. The van der Waals surface area contributed by atoms with Crippen molar-refractivity contribution in [1.82, 2.24) is 5.32 Å². The summed E-state index contributed by atoms with van der Waals surface area (Å²) >= 11 is 4.95. The van der Waals surface area contributed by atoms with E-state index in [1.54, 1.807) is 36.0 Å². The first kappa shape index (κ1) is 20.0. The molecule has 2 rings (SSSR count). The second-order valence-corrected chi connectivity index (χ2v) is 9.67. The standard InChI is InChI=1S/C18H20BrNO3S2/c1-13(15-5-9-17(10-6-15)25(2,22)23)20-18(21)12-24-11-14-3-7-16(19)8-4-14/h3-10,13H,11-12H2,1-2H3,(H,20,21). The van der Waals surface area contributed by atoms with Crippen LogP contribution >= 0.6 is 27.7 Å². The van der Waals surface area contributed by atoms with E-state index in [0.717, 1.165) is 15.8 Å². The molecule has 0 aliphatic carbocycles. The van der Waals surface area contributed by atoms with Crippen LogP contribution in [0, 0.1) is 0 Å². The van der Waals surface area contributed by atoms with E-state index in [1.165, 1.54) is 11.8 Å². The molecule has 0 radical (unpaired) electrons. The van der Waals surface area contributed by atoms with Crippen molar-refractivity contribution in [2.75, 3.05) is 12.0 Å². The summed E-state index contributed by atoms with van der Waals surface area (Å²) in [6, 6.07) is 14.4. The Labute approximate surface area is 161 Å². The lowest BCUT2D eigenvalue weighted by molar-refractivity contribution is -0.119. The Balaban J connectivity index is 1.82. The number of sulfone groups is 1. The summed E-state index contributed by atoms with van der Waals surface area (Å²) in [7, 11) is -3.20. The van der Waals surface area contributed by atoms with E-state index in [-0.39, 0.29) is 16.8 Å². The van der Waals surface area contributed by atoms with Crippen LogP contribution in [0.3, 0.4) is 0 Å². The predicted molar refractivity (Wildman–Crippen MR) is 106 cm³/mol. The Morgan fingerprint density at radius 3 is 2.28 bits per heavy atom. The normalized spacial score (nSPS) is 12.6. The Kier molecular flexibility index (Phi) is 7.10. The lowest BCUT2D eigenvalue weighted by Gasteiger charge is -2.14. The van der Waals surface area contributed by atoms with Gasteiger partial charge in [-0.2, -0.15) is 0 Å². The molecule has 0 aromatic heterocycles. The van der Waals surface area contributed by atoms with Crippen molar-refractivity contribution < 1.29 is 13.2 Å². The molecule has 1 N–H and O–H groups in total. The van der Waals surface area contributed by atoms with Crippen molar-refractivity contribution >= 4 is 43.4 Å². The molecule has 0 saturated carbocycles. The first-order valence-electron chi connectivity index (χ1n) is 7.67. The van der Waals surface area contributed by atoms with Gasteiger partial charge in [0, 0.05) is 16.5 Å². The number of carbonyl (C=O) groups is 1. The minimum atomic E-state index is -3.20. The maximum atomic E-state index is 12.1. The van der Waals surface area contributed by atoms with Crippen molar-refractivity contribution in [3.05, 3.63) is 64.1 Å². The summed E-state index contributed by atoms with van der Waals surface area (Å²) < 4.78 is 24.0. The zero-order valence-corrected chi connectivity index (χ0v) is 17.2. The highest BCUT2D eigenvalue weighted by molar-refractivity contribution is 9.10. The number of amides is 1. The number of benzene rings is 2. The third-order valence-corrected chi connectivity index (χ3v) is 6.26. The van der Waals surface area contributed by atoms with Crippen LogP contribution in [0.4, 0.5) is 0 Å². The fourth-order valence-corrected chi connectivity index (χ4v) is 3.91. The summed E-state index contributed by atoms with van der Waals surface area (Å²) in [5, 5.41) is 2.93. The van der Waals surface area contributed by atoms with Gasteiger partial charge in [0.2, 0.25) is 5.91 Å². The number of rotatable bonds is 7. The maximum Gasteiger partial charge on any atom is 0.230 e. The van der Waals surface area contributed by atoms with E-state index < -0.39 is 9.84 Å². The maximum absolute atomic E-state index is 12.1. The van der Waals surface area contributed by atoms with E-state index in [0.29, 0.717) is 5.75 Å². The van der Waals surface area contributed by atoms with Gasteiger partial charge in [-0.05, 0) is 42.3 Å². The van der Waals surface area contributed by atoms with Gasteiger partial charge < -0.3 is 5.32 Å². The number of hydrogen-bond donors (Lipinski definition) is 1. The molecule has 2 aromatic carbocycles. The molecule has 134 valence electrons. The van der Waals surface area contributed by atoms with Crippen LogP contribution < -0.4 is 5.32 Å². The quantitative estimate of drug-likeness (QED) is 0.705. The van der Waals surface area contributed by atoms with Gasteiger partial charge in [-0.3, -0.25) is 4.79 Å². The van der Waals surface area contributed by atoms with E-state index in [2.05, 4.69) is 21.2 Å². The molecule has 4 nitrogen and oxygen atoms in total. The van der Waals surface area contributed by atoms with Gasteiger partial charge >= 0.3 is 0 Å². The summed E-state index contributed by atoms with van der Waals surface area (Å²) in [4.78, 5) is 12.3. The van der Waals surface area contributed by atoms with Crippen molar-refractivity contribution in [2.45, 2.75) is 23.6 Å². The zero-order chi connectivity index (χ0) is 18.4. The lowest BCUT2D eigenvalue weighted by atomic mass is 10.1. The molecule has 0 heterocycles. The highest BCUT2D eigenvalue weighted by Crippen LogP contribution is 2.18. The van der Waals surface area contributed by atoms with Crippen LogP contribution in [0.2, 0.25) is 0 Å². The molecule has 1 amide bonds. The predicted octanol–water partition coefficient (Wildman–Crippen LogP) is 3.96. The molecule has 7 heteroatoms. The minimum Gasteiger partial charge on any atom is -0.349 e.